The predicted molar refractivity (Wildman–Crippen MR) is 66.2 cm³/mol. The van der Waals surface area contributed by atoms with Gasteiger partial charge < -0.3 is 10.6 Å². The van der Waals surface area contributed by atoms with Crippen LogP contribution < -0.4 is 10.6 Å². The van der Waals surface area contributed by atoms with Crippen LogP contribution in [0.4, 0.5) is 11.4 Å². The standard InChI is InChI=1S/C10H9N3OS2/c1-5-11-8(4-16-5)9-10(14)13-7-3-15-2-6(7)12-9/h2-4,9,12H,1H3,(H,13,14). The molecule has 0 radical (unpaired) electrons. The summed E-state index contributed by atoms with van der Waals surface area (Å²) in [6, 6.07) is -0.368. The van der Waals surface area contributed by atoms with Crippen LogP contribution in [0.3, 0.4) is 0 Å². The average Bonchev–Trinajstić information content (AvgIpc) is 2.84. The normalized spacial score (nSPS) is 18.8. The van der Waals surface area contributed by atoms with E-state index in [1.165, 1.54) is 0 Å². The zero-order chi connectivity index (χ0) is 11.1. The molecule has 1 amide bonds. The maximum absolute atomic E-state index is 11.9. The number of thiophene rings is 1. The number of thiazole rings is 1. The van der Waals surface area contributed by atoms with Crippen molar-refractivity contribution >= 4 is 40.0 Å². The van der Waals surface area contributed by atoms with E-state index in [1.54, 1.807) is 22.7 Å². The van der Waals surface area contributed by atoms with Crippen molar-refractivity contribution in [3.63, 3.8) is 0 Å². The molecule has 0 saturated heterocycles. The van der Waals surface area contributed by atoms with E-state index < -0.39 is 0 Å². The number of carbonyl (C=O) groups is 1. The van der Waals surface area contributed by atoms with E-state index in [4.69, 9.17) is 0 Å². The first-order valence-electron chi connectivity index (χ1n) is 4.79. The van der Waals surface area contributed by atoms with Gasteiger partial charge in [0, 0.05) is 16.1 Å². The van der Waals surface area contributed by atoms with Gasteiger partial charge in [0.15, 0.2) is 0 Å². The molecule has 6 heteroatoms. The number of amides is 1. The molecule has 0 bridgehead atoms. The number of hydrogen-bond donors (Lipinski definition) is 2. The van der Waals surface area contributed by atoms with Crippen LogP contribution >= 0.6 is 22.7 Å². The summed E-state index contributed by atoms with van der Waals surface area (Å²) in [4.78, 5) is 16.2. The van der Waals surface area contributed by atoms with Crippen molar-refractivity contribution in [1.29, 1.82) is 0 Å². The van der Waals surface area contributed by atoms with Gasteiger partial charge in [-0.3, -0.25) is 4.79 Å². The summed E-state index contributed by atoms with van der Waals surface area (Å²) < 4.78 is 0. The molecule has 0 aromatic carbocycles. The van der Waals surface area contributed by atoms with Crippen molar-refractivity contribution in [1.82, 2.24) is 4.98 Å². The van der Waals surface area contributed by atoms with Crippen LogP contribution in [0.25, 0.3) is 0 Å². The average molecular weight is 251 g/mol. The minimum Gasteiger partial charge on any atom is -0.366 e. The van der Waals surface area contributed by atoms with E-state index in [9.17, 15) is 4.79 Å². The second-order valence-corrected chi connectivity index (χ2v) is 5.36. The van der Waals surface area contributed by atoms with Crippen molar-refractivity contribution in [2.24, 2.45) is 0 Å². The monoisotopic (exact) mass is 251 g/mol. The Kier molecular flexibility index (Phi) is 2.19. The third-order valence-corrected chi connectivity index (χ3v) is 3.95. The molecule has 1 aliphatic rings. The van der Waals surface area contributed by atoms with Gasteiger partial charge in [0.1, 0.15) is 6.04 Å². The zero-order valence-corrected chi connectivity index (χ0v) is 10.1. The number of nitrogens with one attached hydrogen (secondary N) is 2. The number of fused-ring (bicyclic) bond motifs is 1. The van der Waals surface area contributed by atoms with E-state index in [-0.39, 0.29) is 11.9 Å². The molecule has 2 aromatic rings. The van der Waals surface area contributed by atoms with Crippen molar-refractivity contribution < 1.29 is 4.79 Å². The quantitative estimate of drug-likeness (QED) is 0.819. The van der Waals surface area contributed by atoms with Crippen LogP contribution in [0, 0.1) is 6.92 Å². The molecule has 2 N–H and O–H groups in total. The molecule has 3 heterocycles. The fourth-order valence-corrected chi connectivity index (χ4v) is 3.01. The maximum atomic E-state index is 11.9. The lowest BCUT2D eigenvalue weighted by atomic mass is 10.1. The number of aryl methyl sites for hydroxylation is 1. The fraction of sp³-hybridized carbons (Fsp3) is 0.200. The first kappa shape index (κ1) is 9.80. The number of hydrogen-bond acceptors (Lipinski definition) is 5. The summed E-state index contributed by atoms with van der Waals surface area (Å²) in [7, 11) is 0. The second kappa shape index (κ2) is 3.57. The molecule has 1 atom stereocenters. The molecule has 82 valence electrons. The van der Waals surface area contributed by atoms with E-state index in [0.717, 1.165) is 22.1 Å². The molecular weight excluding hydrogens is 242 g/mol. The predicted octanol–water partition coefficient (Wildman–Crippen LogP) is 2.62. The van der Waals surface area contributed by atoms with Gasteiger partial charge in [0.25, 0.3) is 5.91 Å². The Bertz CT molecular complexity index is 546. The minimum absolute atomic E-state index is 0.0452. The molecule has 16 heavy (non-hydrogen) atoms. The van der Waals surface area contributed by atoms with Crippen molar-refractivity contribution in [3.8, 4) is 0 Å². The van der Waals surface area contributed by atoms with Crippen LogP contribution in [0.5, 0.6) is 0 Å². The summed E-state index contributed by atoms with van der Waals surface area (Å²) >= 11 is 3.12. The first-order valence-corrected chi connectivity index (χ1v) is 6.62. The van der Waals surface area contributed by atoms with E-state index in [1.807, 2.05) is 23.1 Å². The number of aromatic nitrogens is 1. The molecule has 1 aliphatic heterocycles. The molecule has 0 aliphatic carbocycles. The molecule has 4 nitrogen and oxygen atoms in total. The van der Waals surface area contributed by atoms with Crippen LogP contribution in [0.1, 0.15) is 16.7 Å². The molecule has 0 saturated carbocycles. The van der Waals surface area contributed by atoms with Gasteiger partial charge in [-0.25, -0.2) is 4.98 Å². The smallest absolute Gasteiger partial charge is 0.253 e. The van der Waals surface area contributed by atoms with Gasteiger partial charge in [0.05, 0.1) is 22.1 Å². The summed E-state index contributed by atoms with van der Waals surface area (Å²) in [5, 5.41) is 12.9. The Balaban J connectivity index is 1.96. The summed E-state index contributed by atoms with van der Waals surface area (Å²) in [5.41, 5.74) is 2.62. The molecule has 3 rings (SSSR count). The number of anilines is 2. The van der Waals surface area contributed by atoms with Crippen LogP contribution in [0.15, 0.2) is 16.1 Å². The van der Waals surface area contributed by atoms with Gasteiger partial charge in [0.2, 0.25) is 0 Å². The Morgan fingerprint density at radius 1 is 1.31 bits per heavy atom. The van der Waals surface area contributed by atoms with E-state index >= 15 is 0 Å². The molecule has 0 fully saturated rings. The second-order valence-electron chi connectivity index (χ2n) is 3.56. The highest BCUT2D eigenvalue weighted by Gasteiger charge is 2.28. The highest BCUT2D eigenvalue weighted by atomic mass is 32.1. The molecule has 1 unspecified atom stereocenters. The lowest BCUT2D eigenvalue weighted by Gasteiger charge is -2.23. The fourth-order valence-electron chi connectivity index (χ4n) is 1.65. The molecule has 0 spiro atoms. The lowest BCUT2D eigenvalue weighted by molar-refractivity contribution is -0.117. The van der Waals surface area contributed by atoms with Gasteiger partial charge in [-0.1, -0.05) is 0 Å². The SMILES string of the molecule is Cc1nc(C2Nc3cscc3NC2=O)cs1. The van der Waals surface area contributed by atoms with E-state index in [2.05, 4.69) is 15.6 Å². The Morgan fingerprint density at radius 3 is 2.88 bits per heavy atom. The first-order chi connectivity index (χ1) is 7.74. The largest absolute Gasteiger partial charge is 0.366 e. The van der Waals surface area contributed by atoms with Gasteiger partial charge in [-0.2, -0.15) is 0 Å². The Labute approximate surface area is 100 Å². The van der Waals surface area contributed by atoms with Gasteiger partial charge in [-0.05, 0) is 6.92 Å². The number of nitrogens with zero attached hydrogens (tertiary/aromatic N) is 1. The summed E-state index contributed by atoms with van der Waals surface area (Å²) in [5.74, 6) is -0.0452. The van der Waals surface area contributed by atoms with Crippen molar-refractivity contribution in [3.05, 3.63) is 26.8 Å². The summed E-state index contributed by atoms with van der Waals surface area (Å²) in [6.07, 6.45) is 0. The number of rotatable bonds is 1. The highest BCUT2D eigenvalue weighted by Crippen LogP contribution is 2.35. The highest BCUT2D eigenvalue weighted by molar-refractivity contribution is 7.09. The lowest BCUT2D eigenvalue weighted by Crippen LogP contribution is -2.31. The third-order valence-electron chi connectivity index (χ3n) is 2.41. The van der Waals surface area contributed by atoms with Gasteiger partial charge >= 0.3 is 0 Å². The van der Waals surface area contributed by atoms with E-state index in [0.29, 0.717) is 0 Å². The Morgan fingerprint density at radius 2 is 2.12 bits per heavy atom. The van der Waals surface area contributed by atoms with Crippen LogP contribution in [-0.4, -0.2) is 10.9 Å². The maximum Gasteiger partial charge on any atom is 0.253 e. The van der Waals surface area contributed by atoms with Crippen molar-refractivity contribution in [2.75, 3.05) is 10.6 Å². The molecular formula is C10H9N3OS2. The molecule has 2 aromatic heterocycles. The third kappa shape index (κ3) is 1.50. The minimum atomic E-state index is -0.368. The van der Waals surface area contributed by atoms with Crippen LogP contribution in [-0.2, 0) is 4.79 Å². The summed E-state index contributed by atoms with van der Waals surface area (Å²) in [6.45, 7) is 1.94. The Hall–Kier alpha value is -1.40. The zero-order valence-electron chi connectivity index (χ0n) is 8.48. The topological polar surface area (TPSA) is 54.0 Å². The van der Waals surface area contributed by atoms with Crippen molar-refractivity contribution in [2.45, 2.75) is 13.0 Å². The number of carbonyl (C=O) groups excluding carboxylic acids is 1. The van der Waals surface area contributed by atoms with Crippen LogP contribution in [0.2, 0.25) is 0 Å². The van der Waals surface area contributed by atoms with Gasteiger partial charge in [-0.15, -0.1) is 22.7 Å².